The monoisotopic (exact) mass is 458 g/mol. The molecular weight excluding hydrogens is 447 g/mol. The molecule has 0 bridgehead atoms. The number of fused-ring (bicyclic) bond motifs is 1. The third kappa shape index (κ3) is 4.36. The van der Waals surface area contributed by atoms with E-state index >= 15 is 0 Å². The van der Waals surface area contributed by atoms with Gasteiger partial charge < -0.3 is 9.47 Å². The fraction of sp³-hybridized carbons (Fsp3) is 0.0435. The summed E-state index contributed by atoms with van der Waals surface area (Å²) in [5.41, 5.74) is 1.63. The molecule has 30 heavy (non-hydrogen) atoms. The zero-order valence-corrected chi connectivity index (χ0v) is 17.6. The van der Waals surface area contributed by atoms with Crippen molar-refractivity contribution in [1.82, 2.24) is 0 Å². The Bertz CT molecular complexity index is 1160. The first kappa shape index (κ1) is 20.5. The van der Waals surface area contributed by atoms with Gasteiger partial charge in [0.15, 0.2) is 5.76 Å². The summed E-state index contributed by atoms with van der Waals surface area (Å²) in [6, 6.07) is 16.6. The van der Waals surface area contributed by atoms with Crippen LogP contribution in [0.1, 0.15) is 21.5 Å². The van der Waals surface area contributed by atoms with Crippen molar-refractivity contribution in [3.8, 4) is 11.5 Å². The molecule has 4 rings (SSSR count). The van der Waals surface area contributed by atoms with Crippen molar-refractivity contribution in [1.29, 1.82) is 0 Å². The molecule has 4 nitrogen and oxygen atoms in total. The quantitative estimate of drug-likeness (QED) is 0.257. The van der Waals surface area contributed by atoms with E-state index in [9.17, 15) is 9.59 Å². The molecular formula is C23H13Cl3O4. The highest BCUT2D eigenvalue weighted by molar-refractivity contribution is 6.37. The molecule has 7 heteroatoms. The predicted molar refractivity (Wildman–Crippen MR) is 117 cm³/mol. The third-order valence-corrected chi connectivity index (χ3v) is 5.32. The Hall–Kier alpha value is -2.79. The maximum Gasteiger partial charge on any atom is 0.315 e. The Morgan fingerprint density at radius 3 is 2.37 bits per heavy atom. The summed E-state index contributed by atoms with van der Waals surface area (Å²) in [6.07, 6.45) is 1.59. The molecule has 3 aromatic carbocycles. The lowest BCUT2D eigenvalue weighted by Crippen LogP contribution is -2.11. The van der Waals surface area contributed by atoms with Crippen LogP contribution in [-0.4, -0.2) is 11.8 Å². The Morgan fingerprint density at radius 1 is 0.967 bits per heavy atom. The number of carbonyl (C=O) groups excluding carboxylic acids is 2. The zero-order chi connectivity index (χ0) is 21.3. The maximum absolute atomic E-state index is 12.6. The molecule has 150 valence electrons. The lowest BCUT2D eigenvalue weighted by Gasteiger charge is -2.06. The fourth-order valence-corrected chi connectivity index (χ4v) is 3.58. The summed E-state index contributed by atoms with van der Waals surface area (Å²) in [7, 11) is 0. The molecule has 1 heterocycles. The maximum atomic E-state index is 12.6. The van der Waals surface area contributed by atoms with Crippen molar-refractivity contribution in [3.63, 3.8) is 0 Å². The number of carbonyl (C=O) groups is 2. The van der Waals surface area contributed by atoms with Gasteiger partial charge in [0.1, 0.15) is 11.5 Å². The van der Waals surface area contributed by atoms with Gasteiger partial charge in [-0.05, 0) is 48.0 Å². The van der Waals surface area contributed by atoms with Gasteiger partial charge in [-0.2, -0.15) is 0 Å². The summed E-state index contributed by atoms with van der Waals surface area (Å²) in [6.45, 7) is 0. The normalized spacial score (nSPS) is 13.8. The highest BCUT2D eigenvalue weighted by Crippen LogP contribution is 2.36. The number of hydrogen-bond acceptors (Lipinski definition) is 4. The lowest BCUT2D eigenvalue weighted by atomic mass is 10.1. The first-order chi connectivity index (χ1) is 14.4. The zero-order valence-electron chi connectivity index (χ0n) is 15.3. The van der Waals surface area contributed by atoms with Gasteiger partial charge in [0.05, 0.1) is 12.0 Å². The fourth-order valence-electron chi connectivity index (χ4n) is 2.95. The van der Waals surface area contributed by atoms with E-state index in [1.807, 2.05) is 0 Å². The van der Waals surface area contributed by atoms with Gasteiger partial charge in [-0.25, -0.2) is 0 Å². The van der Waals surface area contributed by atoms with Crippen LogP contribution in [0.25, 0.3) is 6.08 Å². The summed E-state index contributed by atoms with van der Waals surface area (Å²) in [5, 5.41) is 1.40. The number of halogens is 3. The molecule has 0 radical (unpaired) electrons. The molecule has 0 amide bonds. The molecule has 0 fully saturated rings. The van der Waals surface area contributed by atoms with Gasteiger partial charge >= 0.3 is 5.97 Å². The highest BCUT2D eigenvalue weighted by atomic mass is 35.5. The Balaban J connectivity index is 1.51. The average molecular weight is 460 g/mol. The Kier molecular flexibility index (Phi) is 5.82. The van der Waals surface area contributed by atoms with Crippen LogP contribution in [0.3, 0.4) is 0 Å². The molecule has 1 aliphatic heterocycles. The number of ketones is 1. The second-order valence-corrected chi connectivity index (χ2v) is 7.76. The van der Waals surface area contributed by atoms with E-state index in [-0.39, 0.29) is 23.7 Å². The smallest absolute Gasteiger partial charge is 0.315 e. The second-order valence-electron chi connectivity index (χ2n) is 6.51. The third-order valence-electron chi connectivity index (χ3n) is 4.41. The Labute approximate surface area is 187 Å². The minimum atomic E-state index is -0.444. The molecule has 3 aromatic rings. The van der Waals surface area contributed by atoms with Gasteiger partial charge in [0.25, 0.3) is 0 Å². The van der Waals surface area contributed by atoms with E-state index in [1.54, 1.807) is 54.6 Å². The van der Waals surface area contributed by atoms with E-state index in [0.29, 0.717) is 31.9 Å². The summed E-state index contributed by atoms with van der Waals surface area (Å²) in [4.78, 5) is 24.8. The first-order valence-electron chi connectivity index (χ1n) is 8.88. The van der Waals surface area contributed by atoms with E-state index in [0.717, 1.165) is 5.56 Å². The molecule has 0 saturated heterocycles. The van der Waals surface area contributed by atoms with Gasteiger partial charge in [-0.1, -0.05) is 53.0 Å². The summed E-state index contributed by atoms with van der Waals surface area (Å²) >= 11 is 18.2. The van der Waals surface area contributed by atoms with E-state index < -0.39 is 5.97 Å². The van der Waals surface area contributed by atoms with Crippen molar-refractivity contribution in [2.75, 3.05) is 0 Å². The van der Waals surface area contributed by atoms with Crippen LogP contribution in [0.4, 0.5) is 0 Å². The van der Waals surface area contributed by atoms with E-state index in [4.69, 9.17) is 44.3 Å². The van der Waals surface area contributed by atoms with Crippen LogP contribution in [0.2, 0.25) is 15.1 Å². The molecule has 0 aliphatic carbocycles. The first-order valence-corrected chi connectivity index (χ1v) is 10.0. The molecule has 0 saturated carbocycles. The molecule has 0 N–H and O–H groups in total. The van der Waals surface area contributed by atoms with Crippen LogP contribution in [-0.2, 0) is 11.2 Å². The SMILES string of the molecule is O=C(Cc1ccc(Cl)cc1)Oc1ccc2c(c1)O/C(=C\c1c(Cl)cccc1Cl)C2=O. The summed E-state index contributed by atoms with van der Waals surface area (Å²) < 4.78 is 11.1. The minimum Gasteiger partial charge on any atom is -0.452 e. The average Bonchev–Trinajstić information content (AvgIpc) is 3.01. The van der Waals surface area contributed by atoms with Crippen molar-refractivity contribution in [2.24, 2.45) is 0 Å². The molecule has 1 aliphatic rings. The number of rotatable bonds is 4. The predicted octanol–water partition coefficient (Wildman–Crippen LogP) is 6.41. The second kappa shape index (κ2) is 8.52. The minimum absolute atomic E-state index is 0.0875. The number of allylic oxidation sites excluding steroid dienone is 1. The van der Waals surface area contributed by atoms with Gasteiger partial charge in [-0.3, -0.25) is 9.59 Å². The van der Waals surface area contributed by atoms with Crippen LogP contribution >= 0.6 is 34.8 Å². The van der Waals surface area contributed by atoms with Crippen molar-refractivity contribution < 1.29 is 19.1 Å². The van der Waals surface area contributed by atoms with Crippen molar-refractivity contribution in [3.05, 3.63) is 98.2 Å². The number of benzene rings is 3. The molecule has 0 atom stereocenters. The van der Waals surface area contributed by atoms with Gasteiger partial charge in [0.2, 0.25) is 5.78 Å². The largest absolute Gasteiger partial charge is 0.452 e. The van der Waals surface area contributed by atoms with Gasteiger partial charge in [0, 0.05) is 26.7 Å². The van der Waals surface area contributed by atoms with Crippen LogP contribution in [0.5, 0.6) is 11.5 Å². The number of hydrogen-bond donors (Lipinski definition) is 0. The van der Waals surface area contributed by atoms with E-state index in [2.05, 4.69) is 0 Å². The van der Waals surface area contributed by atoms with Crippen molar-refractivity contribution >= 4 is 52.6 Å². The van der Waals surface area contributed by atoms with Crippen molar-refractivity contribution in [2.45, 2.75) is 6.42 Å². The lowest BCUT2D eigenvalue weighted by molar-refractivity contribution is -0.133. The Morgan fingerprint density at radius 2 is 1.67 bits per heavy atom. The van der Waals surface area contributed by atoms with Crippen LogP contribution in [0, 0.1) is 0 Å². The van der Waals surface area contributed by atoms with Crippen LogP contribution in [0.15, 0.2) is 66.4 Å². The topological polar surface area (TPSA) is 52.6 Å². The van der Waals surface area contributed by atoms with Crippen LogP contribution < -0.4 is 9.47 Å². The highest BCUT2D eigenvalue weighted by Gasteiger charge is 2.28. The molecule has 0 aromatic heterocycles. The van der Waals surface area contributed by atoms with E-state index in [1.165, 1.54) is 12.1 Å². The summed E-state index contributed by atoms with van der Waals surface area (Å²) in [5.74, 6) is -0.0892. The molecule has 0 unspecified atom stereocenters. The molecule has 0 spiro atoms. The number of Topliss-reactive ketones (excluding diaryl/α,β-unsaturated/α-hetero) is 1. The standard InChI is InChI=1S/C23H13Cl3O4/c24-14-6-4-13(5-7-14)10-22(27)29-15-8-9-16-20(11-15)30-21(23(16)28)12-17-18(25)2-1-3-19(17)26/h1-9,11-12H,10H2/b21-12-. The number of esters is 1. The van der Waals surface area contributed by atoms with Gasteiger partial charge in [-0.15, -0.1) is 0 Å². The number of ether oxygens (including phenoxy) is 2.